The lowest BCUT2D eigenvalue weighted by molar-refractivity contribution is 0.259. The number of halogens is 2. The number of carbonyl (C=O) groups is 1. The molecule has 10 heteroatoms. The third-order valence-electron chi connectivity index (χ3n) is 5.72. The molecule has 0 atom stereocenters. The number of nitrogens with two attached hydrogens (primary N) is 1. The smallest absolute Gasteiger partial charge is 0.316 e. The predicted molar refractivity (Wildman–Crippen MR) is 145 cm³/mol. The summed E-state index contributed by atoms with van der Waals surface area (Å²) in [5, 5.41) is 7.02. The zero-order valence-electron chi connectivity index (χ0n) is 20.1. The minimum absolute atomic E-state index is 0.0978. The Balaban J connectivity index is 0.000000303. The molecule has 1 aliphatic heterocycles. The van der Waals surface area contributed by atoms with E-state index in [0.29, 0.717) is 15.7 Å². The number of sulfone groups is 1. The maximum Gasteiger partial charge on any atom is 0.316 e. The summed E-state index contributed by atoms with van der Waals surface area (Å²) in [5.74, 6) is 0.140. The van der Waals surface area contributed by atoms with Crippen molar-refractivity contribution in [1.82, 2.24) is 5.32 Å². The standard InChI is InChI=1S/C18H21N3O4S.C8H8Cl2/c1-25-17-9-15(4-5-16(17)21-18(19)22)26(23,24)11-12-2-3-14-10-20-7-6-13(14)8-12;1-2-6-4-3-5-7(9)8(6)10/h2-5,8-9,20H,6-7,10-11H2,1H3,(H3,19,21,22);3-5H,2H2,1H3. The van der Waals surface area contributed by atoms with Gasteiger partial charge in [0.25, 0.3) is 0 Å². The van der Waals surface area contributed by atoms with Crippen molar-refractivity contribution in [2.75, 3.05) is 19.0 Å². The molecule has 4 rings (SSSR count). The number of hydrogen-bond donors (Lipinski definition) is 3. The Kier molecular flexibility index (Phi) is 9.62. The molecule has 0 radical (unpaired) electrons. The van der Waals surface area contributed by atoms with Gasteiger partial charge in [-0.3, -0.25) is 0 Å². The summed E-state index contributed by atoms with van der Waals surface area (Å²) in [6.45, 7) is 3.76. The van der Waals surface area contributed by atoms with Crippen molar-refractivity contribution in [3.05, 3.63) is 86.9 Å². The molecule has 0 bridgehead atoms. The molecule has 36 heavy (non-hydrogen) atoms. The molecule has 0 spiro atoms. The van der Waals surface area contributed by atoms with Crippen molar-refractivity contribution in [3.63, 3.8) is 0 Å². The van der Waals surface area contributed by atoms with Gasteiger partial charge in [-0.15, -0.1) is 0 Å². The molecular weight excluding hydrogens is 521 g/mol. The number of benzene rings is 3. The van der Waals surface area contributed by atoms with Crippen molar-refractivity contribution in [2.45, 2.75) is 37.0 Å². The summed E-state index contributed by atoms with van der Waals surface area (Å²) >= 11 is 11.6. The van der Waals surface area contributed by atoms with E-state index in [2.05, 4.69) is 17.6 Å². The highest BCUT2D eigenvalue weighted by Crippen LogP contribution is 2.29. The van der Waals surface area contributed by atoms with Crippen LogP contribution in [0, 0.1) is 0 Å². The van der Waals surface area contributed by atoms with Gasteiger partial charge in [-0.2, -0.15) is 0 Å². The second-order valence-corrected chi connectivity index (χ2v) is 11.0. The van der Waals surface area contributed by atoms with Gasteiger partial charge in [0.2, 0.25) is 0 Å². The molecule has 3 aromatic rings. The van der Waals surface area contributed by atoms with Crippen LogP contribution in [-0.2, 0) is 35.0 Å². The molecule has 4 N–H and O–H groups in total. The van der Waals surface area contributed by atoms with E-state index in [9.17, 15) is 13.2 Å². The fraction of sp³-hybridized carbons (Fsp3) is 0.269. The number of amides is 2. The first-order valence-electron chi connectivity index (χ1n) is 11.4. The Morgan fingerprint density at radius 2 is 1.89 bits per heavy atom. The van der Waals surface area contributed by atoms with Gasteiger partial charge in [0, 0.05) is 12.6 Å². The molecule has 0 fully saturated rings. The molecule has 192 valence electrons. The van der Waals surface area contributed by atoms with Gasteiger partial charge in [0.1, 0.15) is 5.75 Å². The summed E-state index contributed by atoms with van der Waals surface area (Å²) in [7, 11) is -2.16. The van der Waals surface area contributed by atoms with E-state index in [4.69, 9.17) is 33.7 Å². The molecule has 0 saturated heterocycles. The molecule has 1 aliphatic rings. The minimum Gasteiger partial charge on any atom is -0.495 e. The Morgan fingerprint density at radius 1 is 1.11 bits per heavy atom. The van der Waals surface area contributed by atoms with E-state index in [1.54, 1.807) is 6.07 Å². The highest BCUT2D eigenvalue weighted by Gasteiger charge is 2.19. The van der Waals surface area contributed by atoms with Crippen molar-refractivity contribution in [1.29, 1.82) is 0 Å². The van der Waals surface area contributed by atoms with Crippen molar-refractivity contribution >= 4 is 44.8 Å². The van der Waals surface area contributed by atoms with E-state index >= 15 is 0 Å². The fourth-order valence-electron chi connectivity index (χ4n) is 3.85. The van der Waals surface area contributed by atoms with Crippen LogP contribution >= 0.6 is 23.2 Å². The topological polar surface area (TPSA) is 111 Å². The van der Waals surface area contributed by atoms with Crippen LogP contribution in [0.4, 0.5) is 10.5 Å². The van der Waals surface area contributed by atoms with Crippen LogP contribution in [-0.4, -0.2) is 28.1 Å². The van der Waals surface area contributed by atoms with E-state index in [1.807, 2.05) is 30.3 Å². The third-order valence-corrected chi connectivity index (χ3v) is 8.26. The largest absolute Gasteiger partial charge is 0.495 e. The van der Waals surface area contributed by atoms with Crippen LogP contribution < -0.4 is 21.1 Å². The number of fused-ring (bicyclic) bond motifs is 1. The fourth-order valence-corrected chi connectivity index (χ4v) is 5.65. The van der Waals surface area contributed by atoms with E-state index in [1.165, 1.54) is 36.4 Å². The minimum atomic E-state index is -3.56. The number of nitrogens with one attached hydrogen (secondary N) is 2. The molecule has 1 heterocycles. The van der Waals surface area contributed by atoms with Gasteiger partial charge in [-0.1, -0.05) is 60.5 Å². The monoisotopic (exact) mass is 549 g/mol. The summed E-state index contributed by atoms with van der Waals surface area (Å²) in [4.78, 5) is 11.1. The molecule has 7 nitrogen and oxygen atoms in total. The van der Waals surface area contributed by atoms with Gasteiger partial charge in [-0.25, -0.2) is 13.2 Å². The average molecular weight is 551 g/mol. The number of ether oxygens (including phenoxy) is 1. The van der Waals surface area contributed by atoms with Crippen LogP contribution in [0.25, 0.3) is 0 Å². The van der Waals surface area contributed by atoms with E-state index < -0.39 is 15.9 Å². The van der Waals surface area contributed by atoms with Crippen molar-refractivity contribution in [2.24, 2.45) is 5.73 Å². The number of aryl methyl sites for hydroxylation is 1. The SMILES string of the molecule is CCc1cccc(Cl)c1Cl.COc1cc(S(=O)(=O)Cc2ccc3c(c2)CCNC3)ccc1NC(N)=O. The van der Waals surface area contributed by atoms with Gasteiger partial charge < -0.3 is 21.1 Å². The molecule has 0 aromatic heterocycles. The molecule has 0 unspecified atom stereocenters. The number of anilines is 1. The number of rotatable bonds is 6. The summed E-state index contributed by atoms with van der Waals surface area (Å²) < 4.78 is 30.7. The highest BCUT2D eigenvalue weighted by atomic mass is 35.5. The summed E-state index contributed by atoms with van der Waals surface area (Å²) in [6, 6.07) is 15.0. The highest BCUT2D eigenvalue weighted by molar-refractivity contribution is 7.90. The number of primary amides is 1. The van der Waals surface area contributed by atoms with E-state index in [0.717, 1.165) is 37.1 Å². The molecule has 3 aromatic carbocycles. The zero-order valence-corrected chi connectivity index (χ0v) is 22.4. The third kappa shape index (κ3) is 7.13. The Bertz CT molecular complexity index is 1350. The second-order valence-electron chi connectivity index (χ2n) is 8.21. The maximum absolute atomic E-state index is 12.8. The lowest BCUT2D eigenvalue weighted by atomic mass is 9.99. The predicted octanol–water partition coefficient (Wildman–Crippen LogP) is 5.36. The number of carbonyl (C=O) groups excluding carboxylic acids is 1. The average Bonchev–Trinajstić information content (AvgIpc) is 2.85. The molecule has 2 amide bonds. The normalized spacial score (nSPS) is 12.7. The van der Waals surface area contributed by atoms with Crippen LogP contribution in [0.15, 0.2) is 59.5 Å². The first-order valence-corrected chi connectivity index (χ1v) is 13.8. The summed E-state index contributed by atoms with van der Waals surface area (Å²) in [6.07, 6.45) is 1.82. The number of methoxy groups -OCH3 is 1. The van der Waals surface area contributed by atoms with E-state index in [-0.39, 0.29) is 16.4 Å². The lowest BCUT2D eigenvalue weighted by Gasteiger charge is -2.18. The van der Waals surface area contributed by atoms with Crippen LogP contribution in [0.3, 0.4) is 0 Å². The Labute approximate surface area is 221 Å². The van der Waals surface area contributed by atoms with Gasteiger partial charge in [0.15, 0.2) is 9.84 Å². The second kappa shape index (κ2) is 12.5. The first kappa shape index (κ1) is 27.8. The Hall–Kier alpha value is -2.78. The van der Waals surface area contributed by atoms with Crippen LogP contribution in [0.5, 0.6) is 5.75 Å². The Morgan fingerprint density at radius 3 is 2.56 bits per heavy atom. The van der Waals surface area contributed by atoms with Gasteiger partial charge in [-0.05, 0) is 59.8 Å². The first-order chi connectivity index (χ1) is 17.1. The molecule has 0 saturated carbocycles. The zero-order chi connectivity index (χ0) is 26.3. The van der Waals surface area contributed by atoms with Crippen molar-refractivity contribution in [3.8, 4) is 5.75 Å². The molecular formula is C26H29Cl2N3O4S. The van der Waals surface area contributed by atoms with Crippen LogP contribution in [0.2, 0.25) is 10.0 Å². The quantitative estimate of drug-likeness (QED) is 0.383. The van der Waals surface area contributed by atoms with Gasteiger partial charge >= 0.3 is 6.03 Å². The molecule has 0 aliphatic carbocycles. The van der Waals surface area contributed by atoms with Crippen LogP contribution in [0.1, 0.15) is 29.2 Å². The van der Waals surface area contributed by atoms with Crippen molar-refractivity contribution < 1.29 is 17.9 Å². The summed E-state index contributed by atoms with van der Waals surface area (Å²) in [5.41, 5.74) is 9.68. The maximum atomic E-state index is 12.8. The van der Waals surface area contributed by atoms with Gasteiger partial charge in [0.05, 0.1) is 33.5 Å². The number of hydrogen-bond acceptors (Lipinski definition) is 5. The number of urea groups is 1. The lowest BCUT2D eigenvalue weighted by Crippen LogP contribution is -2.23.